The van der Waals surface area contributed by atoms with Gasteiger partial charge in [-0.15, -0.1) is 0 Å². The van der Waals surface area contributed by atoms with Crippen molar-refractivity contribution < 1.29 is 9.59 Å². The lowest BCUT2D eigenvalue weighted by Gasteiger charge is -2.29. The van der Waals surface area contributed by atoms with Gasteiger partial charge in [0.2, 0.25) is 11.8 Å². The Bertz CT molecular complexity index is 749. The highest BCUT2D eigenvalue weighted by Crippen LogP contribution is 2.62. The van der Waals surface area contributed by atoms with E-state index in [9.17, 15) is 9.59 Å². The maximum absolute atomic E-state index is 12.4. The second-order valence-corrected chi connectivity index (χ2v) is 7.69. The summed E-state index contributed by atoms with van der Waals surface area (Å²) >= 11 is 0. The molecule has 0 aromatic heterocycles. The van der Waals surface area contributed by atoms with Crippen molar-refractivity contribution in [3.05, 3.63) is 71.8 Å². The van der Waals surface area contributed by atoms with Crippen molar-refractivity contribution in [2.24, 2.45) is 29.6 Å². The van der Waals surface area contributed by atoms with Crippen LogP contribution in [0.15, 0.2) is 60.7 Å². The van der Waals surface area contributed by atoms with Gasteiger partial charge in [0.1, 0.15) is 0 Å². The second-order valence-electron chi connectivity index (χ2n) is 7.69. The number of carbonyl (C=O) groups excluding carboxylic acids is 2. The molecule has 1 aliphatic heterocycles. The molecule has 3 aliphatic rings. The number of imide groups is 1. The highest BCUT2D eigenvalue weighted by Gasteiger charge is 2.64. The molecule has 1 heterocycles. The average molecular weight is 331 g/mol. The fourth-order valence-corrected chi connectivity index (χ4v) is 5.91. The first-order valence-corrected chi connectivity index (χ1v) is 9.20. The molecule has 2 aromatic rings. The van der Waals surface area contributed by atoms with Crippen LogP contribution < -0.4 is 5.32 Å². The van der Waals surface area contributed by atoms with Crippen LogP contribution in [-0.2, 0) is 9.59 Å². The molecule has 2 bridgehead atoms. The van der Waals surface area contributed by atoms with Gasteiger partial charge in [-0.05, 0) is 41.7 Å². The van der Waals surface area contributed by atoms with Crippen molar-refractivity contribution in [2.45, 2.75) is 18.8 Å². The van der Waals surface area contributed by atoms with Gasteiger partial charge in [0.05, 0.1) is 11.8 Å². The number of fused-ring (bicyclic) bond motifs is 5. The molecule has 3 heteroatoms. The number of rotatable bonds is 3. The minimum absolute atomic E-state index is 0.0351. The summed E-state index contributed by atoms with van der Waals surface area (Å²) < 4.78 is 0. The van der Waals surface area contributed by atoms with E-state index in [4.69, 9.17) is 0 Å². The zero-order chi connectivity index (χ0) is 17.0. The zero-order valence-electron chi connectivity index (χ0n) is 14.0. The third-order valence-electron chi connectivity index (χ3n) is 6.69. The van der Waals surface area contributed by atoms with Gasteiger partial charge in [0.25, 0.3) is 0 Å². The minimum atomic E-state index is -0.105. The Morgan fingerprint density at radius 2 is 1.16 bits per heavy atom. The summed E-state index contributed by atoms with van der Waals surface area (Å²) in [4.78, 5) is 24.7. The molecule has 3 nitrogen and oxygen atoms in total. The quantitative estimate of drug-likeness (QED) is 0.877. The zero-order valence-corrected chi connectivity index (χ0v) is 14.0. The Morgan fingerprint density at radius 3 is 1.60 bits per heavy atom. The minimum Gasteiger partial charge on any atom is -0.296 e. The molecule has 1 N–H and O–H groups in total. The van der Waals surface area contributed by atoms with E-state index in [1.165, 1.54) is 11.1 Å². The molecule has 2 saturated carbocycles. The third-order valence-corrected chi connectivity index (χ3v) is 6.69. The molecule has 3 fully saturated rings. The van der Waals surface area contributed by atoms with E-state index in [2.05, 4.69) is 53.8 Å². The van der Waals surface area contributed by atoms with Crippen molar-refractivity contribution >= 4 is 11.8 Å². The molecule has 5 rings (SSSR count). The van der Waals surface area contributed by atoms with Crippen LogP contribution >= 0.6 is 0 Å². The van der Waals surface area contributed by atoms with Crippen LogP contribution in [0.5, 0.6) is 0 Å². The Labute approximate surface area is 147 Å². The van der Waals surface area contributed by atoms with Crippen molar-refractivity contribution in [3.8, 4) is 0 Å². The molecule has 2 aromatic carbocycles. The Balaban J connectivity index is 1.62. The number of carbonyl (C=O) groups is 2. The van der Waals surface area contributed by atoms with Gasteiger partial charge in [-0.2, -0.15) is 0 Å². The van der Waals surface area contributed by atoms with E-state index in [0.717, 1.165) is 12.8 Å². The van der Waals surface area contributed by atoms with Crippen molar-refractivity contribution in [2.75, 3.05) is 0 Å². The van der Waals surface area contributed by atoms with Crippen LogP contribution in [0.3, 0.4) is 0 Å². The van der Waals surface area contributed by atoms with Gasteiger partial charge in [0, 0.05) is 5.92 Å². The molecule has 2 amide bonds. The van der Waals surface area contributed by atoms with E-state index in [-0.39, 0.29) is 29.6 Å². The number of hydrogen-bond donors (Lipinski definition) is 1. The van der Waals surface area contributed by atoms with Crippen LogP contribution in [0.2, 0.25) is 0 Å². The average Bonchev–Trinajstić information content (AvgIpc) is 3.29. The fourth-order valence-electron chi connectivity index (χ4n) is 5.91. The summed E-state index contributed by atoms with van der Waals surface area (Å²) in [6.07, 6.45) is 2.13. The van der Waals surface area contributed by atoms with Gasteiger partial charge in [-0.25, -0.2) is 0 Å². The van der Waals surface area contributed by atoms with Gasteiger partial charge in [-0.1, -0.05) is 60.7 Å². The van der Waals surface area contributed by atoms with Crippen molar-refractivity contribution in [3.63, 3.8) is 0 Å². The number of nitrogens with one attached hydrogen (secondary N) is 1. The predicted octanol–water partition coefficient (Wildman–Crippen LogP) is 3.36. The lowest BCUT2D eigenvalue weighted by Crippen LogP contribution is -2.30. The first kappa shape index (κ1) is 14.9. The SMILES string of the molecule is O=C1NC(=O)C2C3CCC(C12)C3C(c1ccccc1)c1ccccc1. The van der Waals surface area contributed by atoms with Crippen LogP contribution in [0.1, 0.15) is 29.9 Å². The molecule has 0 radical (unpaired) electrons. The molecule has 4 unspecified atom stereocenters. The maximum atomic E-state index is 12.4. The van der Waals surface area contributed by atoms with Crippen LogP contribution in [0, 0.1) is 29.6 Å². The third kappa shape index (κ3) is 2.11. The standard InChI is InChI=1S/C22H21NO2/c24-21-19-15-11-12-16(20(19)22(25)23-21)18(15)17(13-7-3-1-4-8-13)14-9-5-2-6-10-14/h1-10,15-20H,11-12H2,(H,23,24,25). The first-order chi connectivity index (χ1) is 12.3. The normalized spacial score (nSPS) is 32.9. The smallest absolute Gasteiger partial charge is 0.230 e. The van der Waals surface area contributed by atoms with Gasteiger partial charge in [0.15, 0.2) is 0 Å². The van der Waals surface area contributed by atoms with E-state index in [0.29, 0.717) is 17.8 Å². The highest BCUT2D eigenvalue weighted by atomic mass is 16.2. The summed E-state index contributed by atoms with van der Waals surface area (Å²) in [7, 11) is 0. The van der Waals surface area contributed by atoms with E-state index in [1.54, 1.807) is 0 Å². The monoisotopic (exact) mass is 331 g/mol. The lowest BCUT2D eigenvalue weighted by atomic mass is 9.74. The molecule has 126 valence electrons. The molecular formula is C22H21NO2. The number of hydrogen-bond acceptors (Lipinski definition) is 2. The molecule has 0 spiro atoms. The predicted molar refractivity (Wildman–Crippen MR) is 94.6 cm³/mol. The van der Waals surface area contributed by atoms with Gasteiger partial charge in [-0.3, -0.25) is 14.9 Å². The Hall–Kier alpha value is -2.42. The van der Waals surface area contributed by atoms with Crippen molar-refractivity contribution in [1.82, 2.24) is 5.32 Å². The number of benzene rings is 2. The Kier molecular flexibility index (Phi) is 3.30. The van der Waals surface area contributed by atoms with E-state index >= 15 is 0 Å². The summed E-state index contributed by atoms with van der Waals surface area (Å²) in [5, 5.41) is 2.58. The summed E-state index contributed by atoms with van der Waals surface area (Å²) in [6.45, 7) is 0. The maximum Gasteiger partial charge on any atom is 0.230 e. The van der Waals surface area contributed by atoms with Gasteiger partial charge >= 0.3 is 0 Å². The van der Waals surface area contributed by atoms with Crippen LogP contribution in [0.25, 0.3) is 0 Å². The number of amides is 2. The molecule has 25 heavy (non-hydrogen) atoms. The summed E-state index contributed by atoms with van der Waals surface area (Å²) in [5.41, 5.74) is 2.59. The summed E-state index contributed by atoms with van der Waals surface area (Å²) in [5.74, 6) is 0.969. The van der Waals surface area contributed by atoms with Crippen LogP contribution in [0.4, 0.5) is 0 Å². The second kappa shape index (κ2) is 5.55. The highest BCUT2D eigenvalue weighted by molar-refractivity contribution is 6.06. The molecule has 1 saturated heterocycles. The Morgan fingerprint density at radius 1 is 0.720 bits per heavy atom. The first-order valence-electron chi connectivity index (χ1n) is 9.20. The lowest BCUT2D eigenvalue weighted by molar-refractivity contribution is -0.127. The van der Waals surface area contributed by atoms with E-state index in [1.807, 2.05) is 12.1 Å². The van der Waals surface area contributed by atoms with Crippen molar-refractivity contribution in [1.29, 1.82) is 0 Å². The van der Waals surface area contributed by atoms with Gasteiger partial charge < -0.3 is 0 Å². The fraction of sp³-hybridized carbons (Fsp3) is 0.364. The molecule has 2 aliphatic carbocycles. The molecular weight excluding hydrogens is 310 g/mol. The topological polar surface area (TPSA) is 46.2 Å². The van der Waals surface area contributed by atoms with Crippen LogP contribution in [-0.4, -0.2) is 11.8 Å². The van der Waals surface area contributed by atoms with E-state index < -0.39 is 0 Å². The summed E-state index contributed by atoms with van der Waals surface area (Å²) in [6, 6.07) is 21.2. The molecule has 4 atom stereocenters. The largest absolute Gasteiger partial charge is 0.296 e.